The van der Waals surface area contributed by atoms with Crippen molar-refractivity contribution in [2.24, 2.45) is 0 Å². The first-order chi connectivity index (χ1) is 37.4. The second kappa shape index (κ2) is 25.9. The number of aliphatic carboxylic acids is 1. The molecule has 0 aliphatic carbocycles. The van der Waals surface area contributed by atoms with Gasteiger partial charge in [0.25, 0.3) is 50.6 Å². The molecule has 0 radical (unpaired) electrons. The highest BCUT2D eigenvalue weighted by atomic mass is 32.2. The van der Waals surface area contributed by atoms with Crippen molar-refractivity contribution in [3.63, 3.8) is 0 Å². The van der Waals surface area contributed by atoms with E-state index in [1.54, 1.807) is 60.1 Å². The van der Waals surface area contributed by atoms with Gasteiger partial charge in [0.1, 0.15) is 16.3 Å². The van der Waals surface area contributed by atoms with Crippen LogP contribution >= 0.6 is 0 Å². The number of rotatable bonds is 30. The van der Waals surface area contributed by atoms with Crippen LogP contribution in [-0.4, -0.2) is 159 Å². The molecule has 4 aromatic carbocycles. The zero-order chi connectivity index (χ0) is 59.1. The second-order valence-corrected chi connectivity index (χ2v) is 26.6. The first-order valence-corrected chi connectivity index (χ1v) is 32.3. The highest BCUT2D eigenvalue weighted by Crippen LogP contribution is 2.54. The van der Waals surface area contributed by atoms with Gasteiger partial charge in [0.15, 0.2) is 5.71 Å². The molecule has 28 heteroatoms. The van der Waals surface area contributed by atoms with Crippen molar-refractivity contribution >= 4 is 95.2 Å². The first kappa shape index (κ1) is 63.9. The van der Waals surface area contributed by atoms with E-state index in [1.807, 2.05) is 11.8 Å². The fraction of sp³-hybridized carbons (Fsp3) is 0.423. The van der Waals surface area contributed by atoms with Crippen LogP contribution in [0.25, 0.3) is 21.5 Å². The number of hydrogen-bond donors (Lipinski definition) is 6. The summed E-state index contributed by atoms with van der Waals surface area (Å²) in [6, 6.07) is 9.51. The highest BCUT2D eigenvalue weighted by molar-refractivity contribution is 7.87. The van der Waals surface area contributed by atoms with Crippen molar-refractivity contribution < 1.29 is 98.3 Å². The molecule has 0 fully saturated rings. The molecule has 438 valence electrons. The number of nitrogens with zero attached hydrogens (tertiary/aromatic N) is 2. The quantitative estimate of drug-likeness (QED) is 0.0137. The fourth-order valence-corrected chi connectivity index (χ4v) is 13.5. The molecular formula is C52H65N2O21S5+. The third kappa shape index (κ3) is 15.0. The minimum Gasteiger partial charge on any atom is -0.481 e. The van der Waals surface area contributed by atoms with Gasteiger partial charge in [-0.1, -0.05) is 42.9 Å². The van der Waals surface area contributed by atoms with E-state index in [1.165, 1.54) is 32.4 Å². The van der Waals surface area contributed by atoms with Gasteiger partial charge in [0.05, 0.1) is 47.4 Å². The van der Waals surface area contributed by atoms with Crippen LogP contribution < -0.4 is 4.90 Å². The van der Waals surface area contributed by atoms with Crippen LogP contribution in [0, 0.1) is 0 Å². The van der Waals surface area contributed by atoms with Crippen molar-refractivity contribution in [1.82, 2.24) is 0 Å². The largest absolute Gasteiger partial charge is 0.481 e. The molecule has 2 heterocycles. The molecule has 2 aliphatic heterocycles. The van der Waals surface area contributed by atoms with E-state index in [4.69, 9.17) is 18.9 Å². The number of carboxylic acids is 1. The van der Waals surface area contributed by atoms with Gasteiger partial charge in [0, 0.05) is 92.1 Å². The molecule has 80 heavy (non-hydrogen) atoms. The summed E-state index contributed by atoms with van der Waals surface area (Å²) in [7, 11) is -21.7. The zero-order valence-corrected chi connectivity index (χ0v) is 48.3. The maximum absolute atomic E-state index is 12.8. The standard InChI is InChI=1S/C52H64N2O21S5/c1-51(21-25-74-29-27-72-3)46(53(23-12-8-11-16-48(55)56)42-19-17-38-40(49(42)51)32-36(77(60,61)62)34-44(38)79(66,67)68)14-9-6-5-7-10-15-47-52(2,22-26-75-30-28-73-4)50-41-33-37(78(63,64)65)35-45(80(69,70)71)39(41)18-20-43(50)54(47)24-13-31-76(57,58)59/h5-7,9-10,14-15,17-20,32-35H,8,11-13,16,21-31H2,1-4H3,(H5-,55,56,57,58,59,60,61,62,63,64,65,66,67,68,69,70,71)/p+1. The lowest BCUT2D eigenvalue weighted by Gasteiger charge is -2.31. The Morgan fingerprint density at radius 3 is 1.64 bits per heavy atom. The number of anilines is 1. The summed E-state index contributed by atoms with van der Waals surface area (Å²) in [4.78, 5) is 10.2. The Morgan fingerprint density at radius 2 is 1.11 bits per heavy atom. The summed E-state index contributed by atoms with van der Waals surface area (Å²) in [5.41, 5.74) is 0.608. The predicted molar refractivity (Wildman–Crippen MR) is 296 cm³/mol. The smallest absolute Gasteiger partial charge is 0.303 e. The molecule has 6 N–H and O–H groups in total. The average Bonchev–Trinajstić information content (AvgIpc) is 3.51. The molecule has 0 aromatic heterocycles. The third-order valence-corrected chi connectivity index (χ3v) is 18.3. The van der Waals surface area contributed by atoms with Gasteiger partial charge in [-0.15, -0.1) is 0 Å². The average molecular weight is 1210 g/mol. The number of carbonyl (C=O) groups is 1. The number of benzene rings is 4. The molecule has 0 amide bonds. The van der Waals surface area contributed by atoms with Crippen LogP contribution in [0.15, 0.2) is 116 Å². The third-order valence-electron chi connectivity index (χ3n) is 14.0. The molecular weight excluding hydrogens is 1150 g/mol. The Morgan fingerprint density at radius 1 is 0.588 bits per heavy atom. The maximum Gasteiger partial charge on any atom is 0.303 e. The summed E-state index contributed by atoms with van der Waals surface area (Å²) < 4.78 is 200. The Balaban J connectivity index is 1.49. The Hall–Kier alpha value is -5.31. The van der Waals surface area contributed by atoms with Gasteiger partial charge in [-0.2, -0.15) is 46.7 Å². The van der Waals surface area contributed by atoms with Crippen LogP contribution in [0.2, 0.25) is 0 Å². The van der Waals surface area contributed by atoms with Crippen LogP contribution in [0.5, 0.6) is 0 Å². The number of ether oxygens (including phenoxy) is 4. The van der Waals surface area contributed by atoms with Gasteiger partial charge in [-0.3, -0.25) is 27.6 Å². The molecule has 2 unspecified atom stereocenters. The lowest BCUT2D eigenvalue weighted by atomic mass is 9.75. The zero-order valence-electron chi connectivity index (χ0n) is 44.2. The van der Waals surface area contributed by atoms with Gasteiger partial charge < -0.3 is 29.0 Å². The first-order valence-electron chi connectivity index (χ1n) is 25.0. The van der Waals surface area contributed by atoms with Crippen LogP contribution in [0.3, 0.4) is 0 Å². The van der Waals surface area contributed by atoms with Crippen molar-refractivity contribution in [2.75, 3.05) is 77.6 Å². The maximum atomic E-state index is 12.8. The monoisotopic (exact) mass is 1210 g/mol. The summed E-state index contributed by atoms with van der Waals surface area (Å²) in [5.74, 6) is -1.59. The van der Waals surface area contributed by atoms with Crippen molar-refractivity contribution in [2.45, 2.75) is 89.2 Å². The number of allylic oxidation sites excluding steroid dienone is 8. The van der Waals surface area contributed by atoms with Gasteiger partial charge in [-0.25, -0.2) is 0 Å². The molecule has 6 rings (SSSR count). The number of methoxy groups -OCH3 is 2. The van der Waals surface area contributed by atoms with E-state index < -0.39 is 92.7 Å². The van der Waals surface area contributed by atoms with E-state index >= 15 is 0 Å². The minimum absolute atomic E-state index is 0.0214. The lowest BCUT2D eigenvalue weighted by Crippen LogP contribution is -2.33. The van der Waals surface area contributed by atoms with Crippen LogP contribution in [0.4, 0.5) is 11.4 Å². The van der Waals surface area contributed by atoms with E-state index in [2.05, 4.69) is 0 Å². The van der Waals surface area contributed by atoms with Crippen molar-refractivity contribution in [3.8, 4) is 0 Å². The van der Waals surface area contributed by atoms with Crippen molar-refractivity contribution in [1.29, 1.82) is 0 Å². The molecule has 0 saturated heterocycles. The predicted octanol–water partition coefficient (Wildman–Crippen LogP) is 6.70. The number of unbranched alkanes of at least 4 members (excludes halogenated alkanes) is 2. The number of fused-ring (bicyclic) bond motifs is 6. The minimum atomic E-state index is -5.09. The van der Waals surface area contributed by atoms with Gasteiger partial charge >= 0.3 is 5.97 Å². The molecule has 0 saturated carbocycles. The van der Waals surface area contributed by atoms with Crippen LogP contribution in [0.1, 0.15) is 69.9 Å². The highest BCUT2D eigenvalue weighted by Gasteiger charge is 2.49. The molecule has 2 atom stereocenters. The van der Waals surface area contributed by atoms with E-state index in [9.17, 15) is 74.8 Å². The number of hydrogen-bond acceptors (Lipinski definition) is 16. The topological polar surface area (TPSA) is 352 Å². The SMILES string of the molecule is COCCOCCC1(C)C(/C=C/C=C/C=C/C=C2/N(CCCCCC(=O)O)c3ccc4c(S(=O)(=O)O)cc(S(=O)(=O)O)cc4c3C2(C)CCOCCOC)=[N+](CCCS(=O)(=O)O)c2ccc3c(S(=O)(=O)O)cc(S(=O)(=O)O)cc3c21. The molecule has 23 nitrogen and oxygen atoms in total. The summed E-state index contributed by atoms with van der Waals surface area (Å²) in [6.07, 6.45) is 13.5. The fourth-order valence-electron chi connectivity index (χ4n) is 10.4. The van der Waals surface area contributed by atoms with Gasteiger partial charge in [-0.05, 0) is 98.3 Å². The normalized spacial score (nSPS) is 18.8. The Kier molecular flexibility index (Phi) is 20.7. The summed E-state index contributed by atoms with van der Waals surface area (Å²) in [6.45, 7) is 5.04. The molecule has 2 aliphatic rings. The summed E-state index contributed by atoms with van der Waals surface area (Å²) >= 11 is 0. The molecule has 0 bridgehead atoms. The Labute approximate surface area is 465 Å². The Bertz CT molecular complexity index is 3760. The van der Waals surface area contributed by atoms with Crippen LogP contribution in [-0.2, 0) is 85.2 Å². The van der Waals surface area contributed by atoms with Gasteiger partial charge in [0.2, 0.25) is 5.69 Å². The van der Waals surface area contributed by atoms with E-state index in [-0.39, 0.29) is 93.4 Å². The second-order valence-electron chi connectivity index (χ2n) is 19.4. The summed E-state index contributed by atoms with van der Waals surface area (Å²) in [5, 5.41) is 9.34. The van der Waals surface area contributed by atoms with Crippen molar-refractivity contribution in [3.05, 3.63) is 108 Å². The molecule has 4 aromatic rings. The van der Waals surface area contributed by atoms with E-state index in [0.29, 0.717) is 71.9 Å². The molecule has 0 spiro atoms. The lowest BCUT2D eigenvalue weighted by molar-refractivity contribution is -0.437. The van der Waals surface area contributed by atoms with E-state index in [0.717, 1.165) is 12.1 Å². The number of carboxylic acid groups (broad SMARTS) is 1.